The van der Waals surface area contributed by atoms with Crippen molar-refractivity contribution in [3.05, 3.63) is 23.3 Å². The van der Waals surface area contributed by atoms with Crippen molar-refractivity contribution in [1.82, 2.24) is 0 Å². The van der Waals surface area contributed by atoms with Crippen LogP contribution in [0, 0.1) is 5.92 Å². The fraction of sp³-hybridized carbons (Fsp3) is 0.500. The molecule has 0 N–H and O–H groups in total. The molecule has 0 saturated heterocycles. The summed E-state index contributed by atoms with van der Waals surface area (Å²) < 4.78 is 0. The predicted molar refractivity (Wildman–Crippen MR) is 49.2 cm³/mol. The Kier molecular flexibility index (Phi) is 1.84. The molecular weight excluding hydrogens is 172 g/mol. The third-order valence-corrected chi connectivity index (χ3v) is 3.29. The van der Waals surface area contributed by atoms with E-state index in [1.807, 2.05) is 13.0 Å². The van der Waals surface area contributed by atoms with Crippen LogP contribution in [-0.2, 0) is 4.79 Å². The first-order valence-electron chi connectivity index (χ1n) is 4.29. The lowest BCUT2D eigenvalue weighted by Crippen LogP contribution is -2.14. The van der Waals surface area contributed by atoms with E-state index in [4.69, 9.17) is 11.6 Å². The molecule has 0 bridgehead atoms. The third kappa shape index (κ3) is 0.962. The molecule has 0 radical (unpaired) electrons. The van der Waals surface area contributed by atoms with Crippen molar-refractivity contribution < 1.29 is 4.79 Å². The summed E-state index contributed by atoms with van der Waals surface area (Å²) in [6.07, 6.45) is 6.06. The Morgan fingerprint density at radius 2 is 2.33 bits per heavy atom. The molecule has 1 nitrogen and oxygen atoms in total. The maximum absolute atomic E-state index is 11.5. The maximum atomic E-state index is 11.5. The maximum Gasteiger partial charge on any atom is 0.181 e. The van der Waals surface area contributed by atoms with Crippen LogP contribution in [0.2, 0.25) is 0 Å². The number of carbonyl (C=O) groups excluding carboxylic acids is 1. The zero-order chi connectivity index (χ0) is 8.72. The van der Waals surface area contributed by atoms with Crippen molar-refractivity contribution in [3.63, 3.8) is 0 Å². The van der Waals surface area contributed by atoms with Crippen molar-refractivity contribution in [2.24, 2.45) is 5.92 Å². The average Bonchev–Trinajstić information content (AvgIpc) is 2.33. The Bertz CT molecular complexity index is 288. The van der Waals surface area contributed by atoms with Gasteiger partial charge in [0.15, 0.2) is 5.78 Å². The van der Waals surface area contributed by atoms with Crippen LogP contribution in [0.4, 0.5) is 0 Å². The summed E-state index contributed by atoms with van der Waals surface area (Å²) in [4.78, 5) is 11.5. The summed E-state index contributed by atoms with van der Waals surface area (Å²) in [5.41, 5.74) is 2.15. The second kappa shape index (κ2) is 2.74. The molecule has 0 aromatic heterocycles. The Morgan fingerprint density at radius 3 is 3.00 bits per heavy atom. The Balaban J connectivity index is 2.42. The SMILES string of the molecule is CC1C2=C(C=CCC2)C(=O)C1Cl. The third-order valence-electron chi connectivity index (χ3n) is 2.72. The molecule has 12 heavy (non-hydrogen) atoms. The van der Waals surface area contributed by atoms with Gasteiger partial charge >= 0.3 is 0 Å². The van der Waals surface area contributed by atoms with Crippen molar-refractivity contribution in [2.75, 3.05) is 0 Å². The van der Waals surface area contributed by atoms with E-state index in [2.05, 4.69) is 6.08 Å². The fourth-order valence-corrected chi connectivity index (χ4v) is 2.22. The highest BCUT2D eigenvalue weighted by molar-refractivity contribution is 6.36. The molecule has 2 rings (SSSR count). The lowest BCUT2D eigenvalue weighted by molar-refractivity contribution is -0.114. The van der Waals surface area contributed by atoms with Gasteiger partial charge in [0.05, 0.1) is 0 Å². The van der Waals surface area contributed by atoms with Crippen molar-refractivity contribution >= 4 is 17.4 Å². The van der Waals surface area contributed by atoms with Gasteiger partial charge in [0, 0.05) is 11.5 Å². The van der Waals surface area contributed by atoms with E-state index in [1.54, 1.807) is 0 Å². The molecule has 2 unspecified atom stereocenters. The van der Waals surface area contributed by atoms with Gasteiger partial charge in [0.25, 0.3) is 0 Å². The number of halogens is 1. The highest BCUT2D eigenvalue weighted by Crippen LogP contribution is 2.38. The van der Waals surface area contributed by atoms with E-state index in [0.717, 1.165) is 18.4 Å². The largest absolute Gasteiger partial charge is 0.292 e. The molecule has 0 heterocycles. The molecule has 2 atom stereocenters. The number of hydrogen-bond acceptors (Lipinski definition) is 1. The summed E-state index contributed by atoms with van der Waals surface area (Å²) in [7, 11) is 0. The van der Waals surface area contributed by atoms with E-state index < -0.39 is 0 Å². The number of allylic oxidation sites excluding steroid dienone is 4. The van der Waals surface area contributed by atoms with Crippen LogP contribution in [0.5, 0.6) is 0 Å². The van der Waals surface area contributed by atoms with Crippen LogP contribution in [0.1, 0.15) is 19.8 Å². The first-order valence-corrected chi connectivity index (χ1v) is 4.73. The van der Waals surface area contributed by atoms with Crippen LogP contribution in [0.15, 0.2) is 23.3 Å². The number of alkyl halides is 1. The molecule has 0 aromatic rings. The van der Waals surface area contributed by atoms with E-state index >= 15 is 0 Å². The summed E-state index contributed by atoms with van der Waals surface area (Å²) in [5.74, 6) is 0.370. The Hall–Kier alpha value is -0.560. The smallest absolute Gasteiger partial charge is 0.181 e. The minimum Gasteiger partial charge on any atom is -0.292 e. The standard InChI is InChI=1S/C10H11ClO/c1-6-7-4-2-3-5-8(7)10(12)9(6)11/h3,5-6,9H,2,4H2,1H3. The van der Waals surface area contributed by atoms with Gasteiger partial charge < -0.3 is 0 Å². The van der Waals surface area contributed by atoms with Gasteiger partial charge in [-0.2, -0.15) is 0 Å². The van der Waals surface area contributed by atoms with E-state index in [0.29, 0.717) is 0 Å². The molecule has 2 aliphatic carbocycles. The van der Waals surface area contributed by atoms with Gasteiger partial charge in [-0.3, -0.25) is 4.79 Å². The van der Waals surface area contributed by atoms with E-state index in [9.17, 15) is 4.79 Å². The van der Waals surface area contributed by atoms with Crippen molar-refractivity contribution in [3.8, 4) is 0 Å². The molecule has 0 aromatic carbocycles. The number of Topliss-reactive ketones (excluding diaryl/α,β-unsaturated/α-hetero) is 1. The highest BCUT2D eigenvalue weighted by atomic mass is 35.5. The van der Waals surface area contributed by atoms with Crippen LogP contribution in [0.25, 0.3) is 0 Å². The zero-order valence-electron chi connectivity index (χ0n) is 7.01. The first kappa shape index (κ1) is 8.06. The summed E-state index contributed by atoms with van der Waals surface area (Å²) in [6, 6.07) is 0. The quantitative estimate of drug-likeness (QED) is 0.526. The number of ketones is 1. The van der Waals surface area contributed by atoms with Gasteiger partial charge in [-0.15, -0.1) is 11.6 Å². The van der Waals surface area contributed by atoms with Crippen LogP contribution < -0.4 is 0 Å². The molecule has 2 heteroatoms. The predicted octanol–water partition coefficient (Wildman–Crippen LogP) is 2.46. The zero-order valence-corrected chi connectivity index (χ0v) is 7.77. The van der Waals surface area contributed by atoms with Gasteiger partial charge in [-0.25, -0.2) is 0 Å². The Labute approximate surface area is 77.1 Å². The average molecular weight is 183 g/mol. The topological polar surface area (TPSA) is 17.1 Å². The lowest BCUT2D eigenvalue weighted by Gasteiger charge is -2.11. The fourth-order valence-electron chi connectivity index (χ4n) is 1.95. The van der Waals surface area contributed by atoms with Crippen LogP contribution in [-0.4, -0.2) is 11.2 Å². The normalized spacial score (nSPS) is 34.3. The van der Waals surface area contributed by atoms with E-state index in [1.165, 1.54) is 5.57 Å². The van der Waals surface area contributed by atoms with Crippen molar-refractivity contribution in [1.29, 1.82) is 0 Å². The molecule has 0 fully saturated rings. The minimum absolute atomic E-state index is 0.120. The number of hydrogen-bond donors (Lipinski definition) is 0. The summed E-state index contributed by atoms with van der Waals surface area (Å²) >= 11 is 5.96. The number of rotatable bonds is 0. The van der Waals surface area contributed by atoms with Gasteiger partial charge in [0.2, 0.25) is 0 Å². The highest BCUT2D eigenvalue weighted by Gasteiger charge is 2.36. The van der Waals surface area contributed by atoms with Gasteiger partial charge in [-0.1, -0.05) is 24.6 Å². The van der Waals surface area contributed by atoms with Crippen LogP contribution >= 0.6 is 11.6 Å². The molecule has 0 saturated carbocycles. The second-order valence-electron chi connectivity index (χ2n) is 3.43. The molecule has 0 aliphatic heterocycles. The van der Waals surface area contributed by atoms with Crippen LogP contribution in [0.3, 0.4) is 0 Å². The number of carbonyl (C=O) groups is 1. The molecular formula is C10H11ClO. The van der Waals surface area contributed by atoms with E-state index in [-0.39, 0.29) is 17.1 Å². The first-order chi connectivity index (χ1) is 5.72. The molecule has 2 aliphatic rings. The summed E-state index contributed by atoms with van der Waals surface area (Å²) in [6.45, 7) is 2.04. The molecule has 64 valence electrons. The Morgan fingerprint density at radius 1 is 1.58 bits per heavy atom. The lowest BCUT2D eigenvalue weighted by atomic mass is 9.95. The van der Waals surface area contributed by atoms with Gasteiger partial charge in [0.1, 0.15) is 5.38 Å². The monoisotopic (exact) mass is 182 g/mol. The minimum atomic E-state index is -0.308. The van der Waals surface area contributed by atoms with Gasteiger partial charge in [-0.05, 0) is 12.8 Å². The molecule has 0 amide bonds. The van der Waals surface area contributed by atoms with Crippen molar-refractivity contribution in [2.45, 2.75) is 25.1 Å². The summed E-state index contributed by atoms with van der Waals surface area (Å²) in [5, 5.41) is -0.308. The second-order valence-corrected chi connectivity index (χ2v) is 3.90. The molecule has 0 spiro atoms.